The van der Waals surface area contributed by atoms with Crippen molar-refractivity contribution in [2.75, 3.05) is 11.4 Å². The number of aryl methyl sites for hydroxylation is 3. The predicted octanol–water partition coefficient (Wildman–Crippen LogP) is 5.39. The molecule has 0 radical (unpaired) electrons. The van der Waals surface area contributed by atoms with Crippen LogP contribution in [0.15, 0.2) is 78.1 Å². The lowest BCUT2D eigenvalue weighted by Gasteiger charge is -2.23. The second-order valence-corrected chi connectivity index (χ2v) is 9.36. The number of oxime groups is 1. The quantitative estimate of drug-likeness (QED) is 0.409. The molecule has 0 N–H and O–H groups in total. The monoisotopic (exact) mass is 462 g/mol. The molecule has 2 aliphatic heterocycles. The van der Waals surface area contributed by atoms with E-state index in [1.165, 1.54) is 16.7 Å². The van der Waals surface area contributed by atoms with Crippen LogP contribution in [0.2, 0.25) is 0 Å². The number of benzene rings is 3. The molecule has 1 aromatic heterocycles. The molecule has 6 heteroatoms. The van der Waals surface area contributed by atoms with Crippen molar-refractivity contribution < 1.29 is 9.63 Å². The van der Waals surface area contributed by atoms with E-state index in [-0.39, 0.29) is 12.0 Å². The van der Waals surface area contributed by atoms with Gasteiger partial charge in [-0.15, -0.1) is 0 Å². The molecular weight excluding hydrogens is 436 g/mol. The molecule has 0 spiro atoms. The average molecular weight is 463 g/mol. The summed E-state index contributed by atoms with van der Waals surface area (Å²) < 4.78 is 1.87. The maximum atomic E-state index is 13.6. The molecule has 6 nitrogen and oxygen atoms in total. The van der Waals surface area contributed by atoms with Gasteiger partial charge in [0, 0.05) is 29.0 Å². The minimum Gasteiger partial charge on any atom is -0.390 e. The Labute approximate surface area is 204 Å². The van der Waals surface area contributed by atoms with Crippen molar-refractivity contribution in [3.05, 3.63) is 101 Å². The smallest absolute Gasteiger partial charge is 0.253 e. The normalized spacial score (nSPS) is 17.3. The van der Waals surface area contributed by atoms with Crippen molar-refractivity contribution in [2.45, 2.75) is 33.3 Å². The van der Waals surface area contributed by atoms with Gasteiger partial charge in [0.1, 0.15) is 0 Å². The van der Waals surface area contributed by atoms with Crippen molar-refractivity contribution in [2.24, 2.45) is 5.16 Å². The molecule has 4 aromatic rings. The van der Waals surface area contributed by atoms with Gasteiger partial charge in [-0.2, -0.15) is 5.10 Å². The molecule has 3 heterocycles. The van der Waals surface area contributed by atoms with E-state index in [0.29, 0.717) is 13.0 Å². The van der Waals surface area contributed by atoms with Crippen LogP contribution < -0.4 is 4.90 Å². The number of rotatable bonds is 4. The van der Waals surface area contributed by atoms with Crippen molar-refractivity contribution in [1.82, 2.24) is 9.78 Å². The minimum absolute atomic E-state index is 0.0957. The molecule has 2 aliphatic rings. The van der Waals surface area contributed by atoms with Crippen molar-refractivity contribution >= 4 is 33.9 Å². The molecule has 0 saturated heterocycles. The van der Waals surface area contributed by atoms with Crippen LogP contribution in [0.25, 0.3) is 16.6 Å². The Morgan fingerprint density at radius 1 is 1.00 bits per heavy atom. The highest BCUT2D eigenvalue weighted by molar-refractivity contribution is 6.13. The summed E-state index contributed by atoms with van der Waals surface area (Å²) in [6.07, 6.45) is 3.94. The second kappa shape index (κ2) is 8.24. The average Bonchev–Trinajstić information content (AvgIpc) is 3.45. The van der Waals surface area contributed by atoms with Crippen LogP contribution in [-0.2, 0) is 9.63 Å². The SMILES string of the molecule is Cc1cc(C)c(C2=NOC(CN3C(=O)C=C(c4ccccc4)n4ncc5cccc3c54)C2)c(C)c1. The summed E-state index contributed by atoms with van der Waals surface area (Å²) in [5.74, 6) is -0.0957. The first-order valence-corrected chi connectivity index (χ1v) is 11.9. The van der Waals surface area contributed by atoms with E-state index in [2.05, 4.69) is 43.2 Å². The molecule has 0 fully saturated rings. The van der Waals surface area contributed by atoms with Crippen molar-refractivity contribution in [1.29, 1.82) is 0 Å². The minimum atomic E-state index is -0.229. The molecule has 1 atom stereocenters. The molecule has 1 amide bonds. The number of aromatic nitrogens is 2. The third-order valence-corrected chi connectivity index (χ3v) is 6.77. The van der Waals surface area contributed by atoms with Gasteiger partial charge in [0.15, 0.2) is 6.10 Å². The van der Waals surface area contributed by atoms with Crippen LogP contribution in [-0.4, -0.2) is 34.0 Å². The standard InChI is InChI=1S/C29H26N4O2/c1-18-12-19(2)28(20(3)13-18)24-14-23(35-31-24)17-32-25-11-7-10-22-16-30-33(29(22)25)26(15-27(32)34)21-8-5-4-6-9-21/h4-13,15-16,23H,14,17H2,1-3H3. The molecule has 6 rings (SSSR count). The van der Waals surface area contributed by atoms with E-state index >= 15 is 0 Å². The number of hydrogen-bond donors (Lipinski definition) is 0. The lowest BCUT2D eigenvalue weighted by Crippen LogP contribution is -2.36. The van der Waals surface area contributed by atoms with Gasteiger partial charge in [-0.05, 0) is 38.0 Å². The van der Waals surface area contributed by atoms with Crippen LogP contribution in [0.4, 0.5) is 5.69 Å². The Kier molecular flexibility index (Phi) is 5.02. The van der Waals surface area contributed by atoms with Gasteiger partial charge in [0.25, 0.3) is 5.91 Å². The lowest BCUT2D eigenvalue weighted by molar-refractivity contribution is -0.114. The Bertz CT molecular complexity index is 1510. The summed E-state index contributed by atoms with van der Waals surface area (Å²) in [5, 5.41) is 10.1. The largest absolute Gasteiger partial charge is 0.390 e. The Balaban J connectivity index is 1.35. The zero-order valence-electron chi connectivity index (χ0n) is 20.0. The first-order valence-electron chi connectivity index (χ1n) is 11.9. The van der Waals surface area contributed by atoms with Crippen LogP contribution in [0.3, 0.4) is 0 Å². The van der Waals surface area contributed by atoms with Gasteiger partial charge < -0.3 is 9.74 Å². The van der Waals surface area contributed by atoms with Gasteiger partial charge in [-0.1, -0.05) is 65.3 Å². The molecular formula is C29H26N4O2. The van der Waals surface area contributed by atoms with Crippen molar-refractivity contribution in [3.8, 4) is 0 Å². The molecule has 3 aromatic carbocycles. The fourth-order valence-electron chi connectivity index (χ4n) is 5.35. The highest BCUT2D eigenvalue weighted by Gasteiger charge is 2.31. The van der Waals surface area contributed by atoms with Gasteiger partial charge in [-0.25, -0.2) is 4.68 Å². The highest BCUT2D eigenvalue weighted by Crippen LogP contribution is 2.35. The first-order chi connectivity index (χ1) is 17.0. The number of nitrogens with zero attached hydrogens (tertiary/aromatic N) is 4. The summed E-state index contributed by atoms with van der Waals surface area (Å²) >= 11 is 0. The molecule has 0 bridgehead atoms. The van der Waals surface area contributed by atoms with Crippen LogP contribution in [0.5, 0.6) is 0 Å². The maximum Gasteiger partial charge on any atom is 0.253 e. The van der Waals surface area contributed by atoms with Crippen LogP contribution in [0, 0.1) is 20.8 Å². The first kappa shape index (κ1) is 21.4. The van der Waals surface area contributed by atoms with Gasteiger partial charge in [0.05, 0.1) is 35.4 Å². The van der Waals surface area contributed by atoms with Crippen molar-refractivity contribution in [3.63, 3.8) is 0 Å². The van der Waals surface area contributed by atoms with Gasteiger partial charge in [-0.3, -0.25) is 4.79 Å². The Morgan fingerprint density at radius 3 is 2.54 bits per heavy atom. The number of carbonyl (C=O) groups excluding carboxylic acids is 1. The number of anilines is 1. The summed E-state index contributed by atoms with van der Waals surface area (Å²) in [7, 11) is 0. The zero-order valence-corrected chi connectivity index (χ0v) is 20.0. The third kappa shape index (κ3) is 3.62. The fraction of sp³-hybridized carbons (Fsp3) is 0.207. The summed E-state index contributed by atoms with van der Waals surface area (Å²) in [6.45, 7) is 6.73. The number of para-hydroxylation sites is 1. The number of amides is 1. The van der Waals surface area contributed by atoms with E-state index in [1.54, 1.807) is 11.0 Å². The Hall–Kier alpha value is -4.19. The predicted molar refractivity (Wildman–Crippen MR) is 139 cm³/mol. The number of hydrogen-bond acceptors (Lipinski definition) is 4. The fourth-order valence-corrected chi connectivity index (χ4v) is 5.35. The molecule has 0 aliphatic carbocycles. The van der Waals surface area contributed by atoms with E-state index in [9.17, 15) is 4.79 Å². The van der Waals surface area contributed by atoms with Crippen LogP contribution >= 0.6 is 0 Å². The van der Waals surface area contributed by atoms with E-state index in [0.717, 1.165) is 39.1 Å². The Morgan fingerprint density at radius 2 is 1.77 bits per heavy atom. The zero-order chi connectivity index (χ0) is 24.1. The third-order valence-electron chi connectivity index (χ3n) is 6.77. The summed E-state index contributed by atoms with van der Waals surface area (Å²) in [4.78, 5) is 21.3. The summed E-state index contributed by atoms with van der Waals surface area (Å²) in [5.41, 5.74) is 9.15. The van der Waals surface area contributed by atoms with Gasteiger partial charge >= 0.3 is 0 Å². The molecule has 174 valence electrons. The van der Waals surface area contributed by atoms with E-state index in [1.807, 2.05) is 59.4 Å². The van der Waals surface area contributed by atoms with Crippen LogP contribution in [0.1, 0.15) is 34.2 Å². The lowest BCUT2D eigenvalue weighted by atomic mass is 9.94. The second-order valence-electron chi connectivity index (χ2n) is 9.36. The number of carbonyl (C=O) groups is 1. The highest BCUT2D eigenvalue weighted by atomic mass is 16.6. The van der Waals surface area contributed by atoms with Gasteiger partial charge in [0.2, 0.25) is 0 Å². The molecule has 0 saturated carbocycles. The molecule has 35 heavy (non-hydrogen) atoms. The maximum absolute atomic E-state index is 13.6. The summed E-state index contributed by atoms with van der Waals surface area (Å²) in [6, 6.07) is 20.2. The van der Waals surface area contributed by atoms with E-state index < -0.39 is 0 Å². The topological polar surface area (TPSA) is 59.7 Å². The van der Waals surface area contributed by atoms with E-state index in [4.69, 9.17) is 4.84 Å². The molecule has 1 unspecified atom stereocenters.